The predicted octanol–water partition coefficient (Wildman–Crippen LogP) is -0.0157. The molecule has 4 amide bonds. The highest BCUT2D eigenvalue weighted by atomic mass is 16.2. The van der Waals surface area contributed by atoms with Crippen molar-refractivity contribution in [1.29, 1.82) is 0 Å². The van der Waals surface area contributed by atoms with E-state index in [1.54, 1.807) is 0 Å². The summed E-state index contributed by atoms with van der Waals surface area (Å²) in [5.74, 6) is -0.430. The van der Waals surface area contributed by atoms with Crippen LogP contribution in [0.2, 0.25) is 0 Å². The van der Waals surface area contributed by atoms with Crippen molar-refractivity contribution in [1.82, 2.24) is 35.8 Å². The molecule has 0 aromatic carbocycles. The molecule has 2 atom stereocenters. The number of likely N-dealkylation sites (tertiary alicyclic amines) is 1. The van der Waals surface area contributed by atoms with Crippen molar-refractivity contribution in [2.24, 2.45) is 11.8 Å². The molecule has 3 fully saturated rings. The number of amides is 4. The summed E-state index contributed by atoms with van der Waals surface area (Å²) in [7, 11) is 0. The van der Waals surface area contributed by atoms with Gasteiger partial charge in [-0.3, -0.25) is 38.8 Å². The average molecular weight is 578 g/mol. The zero-order valence-electron chi connectivity index (χ0n) is 25.5. The summed E-state index contributed by atoms with van der Waals surface area (Å²) in [6, 6.07) is -1.38. The van der Waals surface area contributed by atoms with Gasteiger partial charge in [0.05, 0.1) is 19.1 Å². The first kappa shape index (κ1) is 32.9. The smallest absolute Gasteiger partial charge is 0.245 e. The van der Waals surface area contributed by atoms with Crippen molar-refractivity contribution in [3.8, 4) is 0 Å². The van der Waals surface area contributed by atoms with Crippen LogP contribution in [0.25, 0.3) is 0 Å². The van der Waals surface area contributed by atoms with Crippen LogP contribution < -0.4 is 16.1 Å². The van der Waals surface area contributed by atoms with E-state index >= 15 is 0 Å². The van der Waals surface area contributed by atoms with Crippen LogP contribution in [-0.2, 0) is 24.0 Å². The molecule has 0 radical (unpaired) electrons. The number of carbonyl (C=O) groups excluding carboxylic acids is 5. The fourth-order valence-electron chi connectivity index (χ4n) is 5.67. The maximum absolute atomic E-state index is 13.4. The number of carbonyl (C=O) groups is 5. The number of rotatable bonds is 13. The first-order valence-electron chi connectivity index (χ1n) is 15.4. The third kappa shape index (κ3) is 10.3. The summed E-state index contributed by atoms with van der Waals surface area (Å²) in [6.45, 7) is 13.8. The van der Waals surface area contributed by atoms with E-state index in [4.69, 9.17) is 0 Å². The first-order valence-corrected chi connectivity index (χ1v) is 15.4. The molecule has 12 nitrogen and oxygen atoms in total. The summed E-state index contributed by atoms with van der Waals surface area (Å²) in [5.41, 5.74) is 3.04. The second-order valence-corrected chi connectivity index (χ2v) is 12.4. The van der Waals surface area contributed by atoms with E-state index in [0.717, 1.165) is 45.4 Å². The lowest BCUT2D eigenvalue weighted by atomic mass is 9.97. The van der Waals surface area contributed by atoms with E-state index in [1.807, 2.05) is 32.6 Å². The van der Waals surface area contributed by atoms with Gasteiger partial charge in [-0.25, -0.2) is 5.43 Å². The van der Waals surface area contributed by atoms with Crippen molar-refractivity contribution in [2.45, 2.75) is 78.3 Å². The van der Waals surface area contributed by atoms with Crippen molar-refractivity contribution < 1.29 is 24.0 Å². The van der Waals surface area contributed by atoms with Gasteiger partial charge < -0.3 is 15.5 Å². The zero-order chi connectivity index (χ0) is 29.9. The fraction of sp³-hybridized carbons (Fsp3) is 0.828. The molecular formula is C29H51N7O5. The normalized spacial score (nSPS) is 21.3. The number of nitrogens with zero attached hydrogens (tertiary/aromatic N) is 4. The van der Waals surface area contributed by atoms with Crippen LogP contribution in [-0.4, -0.2) is 127 Å². The van der Waals surface area contributed by atoms with Gasteiger partial charge in [-0.15, -0.1) is 0 Å². The van der Waals surface area contributed by atoms with Crippen molar-refractivity contribution in [3.63, 3.8) is 0 Å². The number of ketones is 1. The molecule has 232 valence electrons. The third-order valence-corrected chi connectivity index (χ3v) is 8.05. The standard InChI is InChI=1S/C29H51N7O5/c1-21(2)18-25(38)30-11-9-26(39)36-23(8-7-10-31-36)29(41)32-28(22(3)4)24(37)19-33-14-16-34(17-15-33)20-27(40)35-12-5-6-13-35/h21-23,28,31H,5-20H2,1-4H3,(H,30,38)(H,32,41)/t23-,28+/m0/s1. The molecule has 0 spiro atoms. The van der Waals surface area contributed by atoms with E-state index in [-0.39, 0.29) is 60.8 Å². The second kappa shape index (κ2) is 16.2. The predicted molar refractivity (Wildman–Crippen MR) is 155 cm³/mol. The molecule has 3 heterocycles. The Bertz CT molecular complexity index is 913. The van der Waals surface area contributed by atoms with Gasteiger partial charge in [0, 0.05) is 65.2 Å². The van der Waals surface area contributed by atoms with Crippen LogP contribution in [0.15, 0.2) is 0 Å². The number of piperazine rings is 1. The number of hydrogen-bond donors (Lipinski definition) is 3. The summed E-state index contributed by atoms with van der Waals surface area (Å²) < 4.78 is 0. The van der Waals surface area contributed by atoms with E-state index in [1.165, 1.54) is 5.01 Å². The van der Waals surface area contributed by atoms with Crippen LogP contribution in [0.5, 0.6) is 0 Å². The summed E-state index contributed by atoms with van der Waals surface area (Å²) >= 11 is 0. The molecular weight excluding hydrogens is 526 g/mol. The van der Waals surface area contributed by atoms with E-state index < -0.39 is 12.1 Å². The fourth-order valence-corrected chi connectivity index (χ4v) is 5.67. The van der Waals surface area contributed by atoms with E-state index in [9.17, 15) is 24.0 Å². The van der Waals surface area contributed by atoms with Crippen LogP contribution in [0, 0.1) is 11.8 Å². The highest BCUT2D eigenvalue weighted by molar-refractivity contribution is 5.93. The zero-order valence-corrected chi connectivity index (χ0v) is 25.5. The lowest BCUT2D eigenvalue weighted by Gasteiger charge is -2.37. The van der Waals surface area contributed by atoms with Gasteiger partial charge in [0.25, 0.3) is 0 Å². The van der Waals surface area contributed by atoms with Gasteiger partial charge in [-0.05, 0) is 37.5 Å². The molecule has 12 heteroatoms. The quantitative estimate of drug-likeness (QED) is 0.278. The number of nitrogens with one attached hydrogen (secondary N) is 3. The van der Waals surface area contributed by atoms with Crippen molar-refractivity contribution in [2.75, 3.05) is 65.4 Å². The molecule has 0 aromatic heterocycles. The SMILES string of the molecule is CC(C)CC(=O)NCCC(=O)N1NCCC[C@H]1C(=O)N[C@@H](C(=O)CN1CCN(CC(=O)N2CCCC2)CC1)C(C)C. The van der Waals surface area contributed by atoms with Crippen molar-refractivity contribution in [3.05, 3.63) is 0 Å². The molecule has 0 saturated carbocycles. The summed E-state index contributed by atoms with van der Waals surface area (Å²) in [5, 5.41) is 7.08. The third-order valence-electron chi connectivity index (χ3n) is 8.05. The molecule has 41 heavy (non-hydrogen) atoms. The molecule has 3 saturated heterocycles. The monoisotopic (exact) mass is 577 g/mol. The van der Waals surface area contributed by atoms with Crippen LogP contribution in [0.1, 0.15) is 66.2 Å². The van der Waals surface area contributed by atoms with Gasteiger partial charge >= 0.3 is 0 Å². The Morgan fingerprint density at radius 2 is 1.46 bits per heavy atom. The number of Topliss-reactive ketones (excluding diaryl/α,β-unsaturated/α-hetero) is 1. The molecule has 3 rings (SSSR count). The Kier molecular flexibility index (Phi) is 13.0. The summed E-state index contributed by atoms with van der Waals surface area (Å²) in [4.78, 5) is 70.2. The lowest BCUT2D eigenvalue weighted by Crippen LogP contribution is -2.61. The molecule has 3 N–H and O–H groups in total. The minimum Gasteiger partial charge on any atom is -0.356 e. The highest BCUT2D eigenvalue weighted by Gasteiger charge is 2.35. The maximum Gasteiger partial charge on any atom is 0.245 e. The topological polar surface area (TPSA) is 134 Å². The largest absolute Gasteiger partial charge is 0.356 e. The Morgan fingerprint density at radius 3 is 2.07 bits per heavy atom. The van der Waals surface area contributed by atoms with Crippen LogP contribution in [0.3, 0.4) is 0 Å². The Morgan fingerprint density at radius 1 is 0.829 bits per heavy atom. The average Bonchev–Trinajstić information content (AvgIpc) is 3.47. The minimum absolute atomic E-state index is 0.0514. The van der Waals surface area contributed by atoms with Gasteiger partial charge in [0.2, 0.25) is 23.6 Å². The van der Waals surface area contributed by atoms with Gasteiger partial charge in [-0.2, -0.15) is 0 Å². The lowest BCUT2D eigenvalue weighted by molar-refractivity contribution is -0.147. The van der Waals surface area contributed by atoms with E-state index in [2.05, 4.69) is 25.9 Å². The maximum atomic E-state index is 13.4. The minimum atomic E-state index is -0.714. The Labute approximate surface area is 244 Å². The molecule has 0 aromatic rings. The van der Waals surface area contributed by atoms with Crippen LogP contribution >= 0.6 is 0 Å². The Balaban J connectivity index is 1.47. The summed E-state index contributed by atoms with van der Waals surface area (Å²) in [6.07, 6.45) is 3.89. The Hall–Kier alpha value is -2.57. The van der Waals surface area contributed by atoms with E-state index in [0.29, 0.717) is 39.0 Å². The molecule has 0 bridgehead atoms. The van der Waals surface area contributed by atoms with Crippen molar-refractivity contribution >= 4 is 29.4 Å². The number of hydrazine groups is 1. The van der Waals surface area contributed by atoms with Gasteiger partial charge in [0.1, 0.15) is 6.04 Å². The first-order chi connectivity index (χ1) is 19.5. The number of hydrogen-bond acceptors (Lipinski definition) is 8. The second-order valence-electron chi connectivity index (χ2n) is 12.4. The molecule has 0 unspecified atom stereocenters. The van der Waals surface area contributed by atoms with Crippen LogP contribution in [0.4, 0.5) is 0 Å². The molecule has 3 aliphatic heterocycles. The molecule has 0 aliphatic carbocycles. The van der Waals surface area contributed by atoms with Gasteiger partial charge in [-0.1, -0.05) is 27.7 Å². The highest BCUT2D eigenvalue weighted by Crippen LogP contribution is 2.15. The molecule has 3 aliphatic rings. The van der Waals surface area contributed by atoms with Gasteiger partial charge in [0.15, 0.2) is 5.78 Å².